The van der Waals surface area contributed by atoms with E-state index in [9.17, 15) is 4.79 Å². The van der Waals surface area contributed by atoms with Crippen LogP contribution in [0.1, 0.15) is 25.1 Å². The van der Waals surface area contributed by atoms with Gasteiger partial charge in [0.25, 0.3) is 0 Å². The Hall–Kier alpha value is -2.04. The number of rotatable bonds is 5. The van der Waals surface area contributed by atoms with Gasteiger partial charge in [0.15, 0.2) is 0 Å². The van der Waals surface area contributed by atoms with Crippen molar-refractivity contribution in [3.8, 4) is 0 Å². The Morgan fingerprint density at radius 1 is 1.40 bits per heavy atom. The van der Waals surface area contributed by atoms with Gasteiger partial charge in [0, 0.05) is 19.1 Å². The quantitative estimate of drug-likeness (QED) is 0.820. The minimum Gasteiger partial charge on any atom is -0.338 e. The summed E-state index contributed by atoms with van der Waals surface area (Å²) in [5.41, 5.74) is 2.19. The average molecular weight is 272 g/mol. The number of hydrogen-bond acceptors (Lipinski definition) is 2. The lowest BCUT2D eigenvalue weighted by molar-refractivity contribution is 0.240. The summed E-state index contributed by atoms with van der Waals surface area (Å²) in [6.45, 7) is 3.58. The molecule has 1 aliphatic rings. The van der Waals surface area contributed by atoms with E-state index in [1.165, 1.54) is 0 Å². The molecule has 2 amide bonds. The third-order valence-electron chi connectivity index (χ3n) is 3.60. The molecular formula is C15H20N4O. The van der Waals surface area contributed by atoms with Crippen molar-refractivity contribution in [1.82, 2.24) is 20.2 Å². The molecule has 0 atom stereocenters. The highest BCUT2D eigenvalue weighted by Crippen LogP contribution is 2.18. The normalized spacial score (nSPS) is 14.4. The number of benzene rings is 1. The number of para-hydroxylation sites is 2. The Labute approximate surface area is 118 Å². The Morgan fingerprint density at radius 3 is 3.00 bits per heavy atom. The van der Waals surface area contributed by atoms with Gasteiger partial charge in [-0.15, -0.1) is 0 Å². The Morgan fingerprint density at radius 2 is 2.20 bits per heavy atom. The monoisotopic (exact) mass is 272 g/mol. The Bertz CT molecular complexity index is 615. The van der Waals surface area contributed by atoms with E-state index in [0.29, 0.717) is 12.6 Å². The van der Waals surface area contributed by atoms with E-state index in [2.05, 4.69) is 26.3 Å². The molecule has 5 nitrogen and oxygen atoms in total. The number of aryl methyl sites for hydroxylation is 2. The maximum atomic E-state index is 11.5. The van der Waals surface area contributed by atoms with Gasteiger partial charge in [-0.2, -0.15) is 0 Å². The second-order valence-corrected chi connectivity index (χ2v) is 5.33. The zero-order chi connectivity index (χ0) is 13.9. The number of nitrogens with one attached hydrogen (secondary N) is 2. The van der Waals surface area contributed by atoms with E-state index >= 15 is 0 Å². The summed E-state index contributed by atoms with van der Waals surface area (Å²) in [4.78, 5) is 16.0. The van der Waals surface area contributed by atoms with Crippen molar-refractivity contribution in [2.24, 2.45) is 0 Å². The highest BCUT2D eigenvalue weighted by atomic mass is 16.2. The largest absolute Gasteiger partial charge is 0.338 e. The van der Waals surface area contributed by atoms with E-state index in [1.54, 1.807) is 0 Å². The number of amides is 2. The molecule has 3 rings (SSSR count). The van der Waals surface area contributed by atoms with Crippen molar-refractivity contribution in [3.05, 3.63) is 30.1 Å². The van der Waals surface area contributed by atoms with Crippen molar-refractivity contribution >= 4 is 17.1 Å². The van der Waals surface area contributed by atoms with Crippen LogP contribution in [0.2, 0.25) is 0 Å². The molecule has 2 N–H and O–H groups in total. The van der Waals surface area contributed by atoms with Gasteiger partial charge in [0.05, 0.1) is 11.0 Å². The van der Waals surface area contributed by atoms with Crippen molar-refractivity contribution in [1.29, 1.82) is 0 Å². The molecule has 1 saturated carbocycles. The minimum atomic E-state index is -0.0419. The van der Waals surface area contributed by atoms with Crippen molar-refractivity contribution in [2.75, 3.05) is 6.54 Å². The summed E-state index contributed by atoms with van der Waals surface area (Å²) < 4.78 is 2.20. The summed E-state index contributed by atoms with van der Waals surface area (Å²) in [6.07, 6.45) is 3.14. The number of fused-ring (bicyclic) bond motifs is 1. The van der Waals surface area contributed by atoms with E-state index in [-0.39, 0.29) is 6.03 Å². The molecule has 0 aliphatic heterocycles. The molecule has 2 aromatic rings. The molecule has 0 unspecified atom stereocenters. The zero-order valence-corrected chi connectivity index (χ0v) is 11.7. The van der Waals surface area contributed by atoms with E-state index in [1.807, 2.05) is 25.1 Å². The SMILES string of the molecule is Cc1nc2ccccc2n1CCCNC(=O)NC1CC1. The number of aromatic nitrogens is 2. The van der Waals surface area contributed by atoms with Crippen LogP contribution in [0, 0.1) is 6.92 Å². The van der Waals surface area contributed by atoms with Crippen LogP contribution < -0.4 is 10.6 Å². The van der Waals surface area contributed by atoms with E-state index in [4.69, 9.17) is 0 Å². The first-order chi connectivity index (χ1) is 9.74. The Kier molecular flexibility index (Phi) is 3.58. The van der Waals surface area contributed by atoms with Crippen LogP contribution >= 0.6 is 0 Å². The summed E-state index contributed by atoms with van der Waals surface area (Å²) >= 11 is 0. The second kappa shape index (κ2) is 5.53. The van der Waals surface area contributed by atoms with Gasteiger partial charge in [0.1, 0.15) is 5.82 Å². The fourth-order valence-corrected chi connectivity index (χ4v) is 2.38. The molecule has 1 fully saturated rings. The molecule has 0 radical (unpaired) electrons. The molecule has 1 aliphatic carbocycles. The summed E-state index contributed by atoms with van der Waals surface area (Å²) in [5.74, 6) is 1.02. The minimum absolute atomic E-state index is 0.0419. The molecule has 0 bridgehead atoms. The van der Waals surface area contributed by atoms with Gasteiger partial charge in [-0.3, -0.25) is 0 Å². The van der Waals surface area contributed by atoms with Crippen molar-refractivity contribution in [3.63, 3.8) is 0 Å². The van der Waals surface area contributed by atoms with Crippen LogP contribution in [-0.4, -0.2) is 28.2 Å². The molecule has 5 heteroatoms. The molecular weight excluding hydrogens is 252 g/mol. The standard InChI is InChI=1S/C15H20N4O/c1-11-17-13-5-2-3-6-14(13)19(11)10-4-9-16-15(20)18-12-7-8-12/h2-3,5-6,12H,4,7-10H2,1H3,(H2,16,18,20). The second-order valence-electron chi connectivity index (χ2n) is 5.33. The molecule has 0 spiro atoms. The number of urea groups is 1. The van der Waals surface area contributed by atoms with Crippen LogP contribution in [0.4, 0.5) is 4.79 Å². The number of nitrogens with zero attached hydrogens (tertiary/aromatic N) is 2. The van der Waals surface area contributed by atoms with Crippen molar-refractivity contribution in [2.45, 2.75) is 38.8 Å². The van der Waals surface area contributed by atoms with E-state index in [0.717, 1.165) is 42.7 Å². The molecule has 1 aromatic heterocycles. The average Bonchev–Trinajstić information content (AvgIpc) is 3.18. The van der Waals surface area contributed by atoms with Gasteiger partial charge < -0.3 is 15.2 Å². The lowest BCUT2D eigenvalue weighted by Gasteiger charge is -2.08. The highest BCUT2D eigenvalue weighted by Gasteiger charge is 2.22. The third-order valence-corrected chi connectivity index (χ3v) is 3.60. The van der Waals surface area contributed by atoms with Gasteiger partial charge >= 0.3 is 6.03 Å². The molecule has 1 heterocycles. The van der Waals surface area contributed by atoms with Gasteiger partial charge in [-0.25, -0.2) is 9.78 Å². The van der Waals surface area contributed by atoms with Crippen LogP contribution in [0.25, 0.3) is 11.0 Å². The molecule has 20 heavy (non-hydrogen) atoms. The predicted molar refractivity (Wildman–Crippen MR) is 78.6 cm³/mol. The first-order valence-corrected chi connectivity index (χ1v) is 7.20. The van der Waals surface area contributed by atoms with E-state index < -0.39 is 0 Å². The van der Waals surface area contributed by atoms with Gasteiger partial charge in [0.2, 0.25) is 0 Å². The van der Waals surface area contributed by atoms with Crippen molar-refractivity contribution < 1.29 is 4.79 Å². The maximum Gasteiger partial charge on any atom is 0.315 e. The molecule has 0 saturated heterocycles. The predicted octanol–water partition coefficient (Wildman–Crippen LogP) is 2.20. The fourth-order valence-electron chi connectivity index (χ4n) is 2.38. The Balaban J connectivity index is 1.51. The number of imidazole rings is 1. The number of hydrogen-bond donors (Lipinski definition) is 2. The number of carbonyl (C=O) groups excluding carboxylic acids is 1. The first-order valence-electron chi connectivity index (χ1n) is 7.20. The molecule has 1 aromatic carbocycles. The summed E-state index contributed by atoms with van der Waals surface area (Å²) in [5, 5.41) is 5.82. The third kappa shape index (κ3) is 2.92. The van der Waals surface area contributed by atoms with Gasteiger partial charge in [-0.05, 0) is 38.3 Å². The van der Waals surface area contributed by atoms with Crippen LogP contribution in [0.3, 0.4) is 0 Å². The fraction of sp³-hybridized carbons (Fsp3) is 0.467. The highest BCUT2D eigenvalue weighted by molar-refractivity contribution is 5.76. The summed E-state index contributed by atoms with van der Waals surface area (Å²) in [7, 11) is 0. The topological polar surface area (TPSA) is 59.0 Å². The molecule has 106 valence electrons. The first kappa shape index (κ1) is 13.0. The lowest BCUT2D eigenvalue weighted by atomic mass is 10.3. The zero-order valence-electron chi connectivity index (χ0n) is 11.7. The smallest absolute Gasteiger partial charge is 0.315 e. The van der Waals surface area contributed by atoms with Gasteiger partial charge in [-0.1, -0.05) is 12.1 Å². The lowest BCUT2D eigenvalue weighted by Crippen LogP contribution is -2.37. The van der Waals surface area contributed by atoms with Crippen LogP contribution in [-0.2, 0) is 6.54 Å². The maximum absolute atomic E-state index is 11.5. The van der Waals surface area contributed by atoms with Crippen LogP contribution in [0.5, 0.6) is 0 Å². The summed E-state index contributed by atoms with van der Waals surface area (Å²) in [6, 6.07) is 8.52. The number of carbonyl (C=O) groups is 1. The van der Waals surface area contributed by atoms with Crippen LogP contribution in [0.15, 0.2) is 24.3 Å².